The number of halogens is 1. The molecular weight excluding hydrogens is 178 g/mol. The first kappa shape index (κ1) is 11.7. The van der Waals surface area contributed by atoms with Crippen LogP contribution in [0.15, 0.2) is 0 Å². The average Bonchev–Trinajstić information content (AvgIpc) is 1.93. The number of aliphatic carboxylic acids is 1. The molecule has 0 aromatic heterocycles. The van der Waals surface area contributed by atoms with E-state index in [0.717, 1.165) is 25.7 Å². The Morgan fingerprint density at radius 3 is 2.25 bits per heavy atom. The SMILES string of the molecule is [Cl-].[NH3+]C1CCC(CC(=O)O)CC1. The van der Waals surface area contributed by atoms with Crippen molar-refractivity contribution < 1.29 is 28.0 Å². The number of carboxylic acid groups (broad SMARTS) is 1. The molecule has 0 unspecified atom stereocenters. The minimum atomic E-state index is -0.655. The molecule has 72 valence electrons. The molecule has 4 N–H and O–H groups in total. The number of hydrogen-bond acceptors (Lipinski definition) is 1. The highest BCUT2D eigenvalue weighted by Crippen LogP contribution is 2.24. The van der Waals surface area contributed by atoms with Crippen molar-refractivity contribution >= 4 is 5.97 Å². The molecule has 4 heteroatoms. The molecule has 0 bridgehead atoms. The van der Waals surface area contributed by atoms with Crippen molar-refractivity contribution in [1.29, 1.82) is 0 Å². The van der Waals surface area contributed by atoms with Crippen LogP contribution in [0.2, 0.25) is 0 Å². The largest absolute Gasteiger partial charge is 1.00 e. The van der Waals surface area contributed by atoms with Crippen molar-refractivity contribution in [2.45, 2.75) is 38.1 Å². The van der Waals surface area contributed by atoms with Crippen LogP contribution in [-0.4, -0.2) is 17.1 Å². The van der Waals surface area contributed by atoms with E-state index < -0.39 is 5.97 Å². The Morgan fingerprint density at radius 2 is 1.83 bits per heavy atom. The summed E-state index contributed by atoms with van der Waals surface area (Å²) < 4.78 is 0. The van der Waals surface area contributed by atoms with Crippen molar-refractivity contribution in [3.63, 3.8) is 0 Å². The lowest BCUT2D eigenvalue weighted by atomic mass is 9.84. The van der Waals surface area contributed by atoms with Gasteiger partial charge in [0.15, 0.2) is 0 Å². The summed E-state index contributed by atoms with van der Waals surface area (Å²) in [5.74, 6) is -0.233. The number of carboxylic acids is 1. The smallest absolute Gasteiger partial charge is 0.303 e. The first-order valence-electron chi connectivity index (χ1n) is 4.23. The summed E-state index contributed by atoms with van der Waals surface area (Å²) in [7, 11) is 0. The fraction of sp³-hybridized carbons (Fsp3) is 0.875. The van der Waals surface area contributed by atoms with E-state index in [0.29, 0.717) is 18.4 Å². The molecule has 0 saturated heterocycles. The van der Waals surface area contributed by atoms with E-state index in [9.17, 15) is 4.79 Å². The summed E-state index contributed by atoms with van der Waals surface area (Å²) in [6.45, 7) is 0. The van der Waals surface area contributed by atoms with Crippen LogP contribution in [0.1, 0.15) is 32.1 Å². The fourth-order valence-electron chi connectivity index (χ4n) is 1.68. The summed E-state index contributed by atoms with van der Waals surface area (Å²) in [6, 6.07) is 0.569. The summed E-state index contributed by atoms with van der Waals surface area (Å²) in [6.07, 6.45) is 4.68. The molecule has 1 fully saturated rings. The topological polar surface area (TPSA) is 64.9 Å². The lowest BCUT2D eigenvalue weighted by Gasteiger charge is -2.22. The van der Waals surface area contributed by atoms with Crippen molar-refractivity contribution in [2.75, 3.05) is 0 Å². The Balaban J connectivity index is 0.00000121. The molecule has 1 rings (SSSR count). The van der Waals surface area contributed by atoms with Crippen molar-refractivity contribution in [2.24, 2.45) is 5.92 Å². The third kappa shape index (κ3) is 3.93. The highest BCUT2D eigenvalue weighted by atomic mass is 35.5. The van der Waals surface area contributed by atoms with E-state index in [-0.39, 0.29) is 12.4 Å². The highest BCUT2D eigenvalue weighted by molar-refractivity contribution is 5.67. The Morgan fingerprint density at radius 1 is 1.33 bits per heavy atom. The number of hydrogen-bond donors (Lipinski definition) is 2. The van der Waals surface area contributed by atoms with Crippen LogP contribution in [0.4, 0.5) is 0 Å². The predicted octanol–water partition coefficient (Wildman–Crippen LogP) is -2.73. The van der Waals surface area contributed by atoms with Crippen LogP contribution in [0.25, 0.3) is 0 Å². The van der Waals surface area contributed by atoms with E-state index >= 15 is 0 Å². The Labute approximate surface area is 78.7 Å². The Kier molecular flexibility index (Phi) is 5.25. The molecule has 0 amide bonds. The number of rotatable bonds is 2. The van der Waals surface area contributed by atoms with Gasteiger partial charge in [0.2, 0.25) is 0 Å². The molecule has 0 radical (unpaired) electrons. The summed E-state index contributed by atoms with van der Waals surface area (Å²) in [5.41, 5.74) is 3.96. The highest BCUT2D eigenvalue weighted by Gasteiger charge is 2.22. The van der Waals surface area contributed by atoms with Crippen molar-refractivity contribution in [3.8, 4) is 0 Å². The monoisotopic (exact) mass is 193 g/mol. The zero-order chi connectivity index (χ0) is 8.27. The van der Waals surface area contributed by atoms with E-state index in [1.54, 1.807) is 0 Å². The van der Waals surface area contributed by atoms with E-state index in [4.69, 9.17) is 5.11 Å². The van der Waals surface area contributed by atoms with Gasteiger partial charge in [-0.15, -0.1) is 0 Å². The average molecular weight is 194 g/mol. The molecule has 0 aromatic rings. The normalized spacial score (nSPS) is 29.1. The summed E-state index contributed by atoms with van der Waals surface area (Å²) in [4.78, 5) is 10.3. The van der Waals surface area contributed by atoms with Crippen LogP contribution >= 0.6 is 0 Å². The quantitative estimate of drug-likeness (QED) is 0.500. The van der Waals surface area contributed by atoms with Gasteiger partial charge in [-0.05, 0) is 31.6 Å². The van der Waals surface area contributed by atoms with Gasteiger partial charge in [0.05, 0.1) is 6.04 Å². The maximum absolute atomic E-state index is 10.3. The summed E-state index contributed by atoms with van der Waals surface area (Å²) in [5, 5.41) is 8.52. The van der Waals surface area contributed by atoms with Crippen LogP contribution < -0.4 is 18.1 Å². The first-order valence-corrected chi connectivity index (χ1v) is 4.23. The molecular formula is C8H16ClNO2. The second kappa shape index (κ2) is 5.38. The predicted molar refractivity (Wildman–Crippen MR) is 40.9 cm³/mol. The van der Waals surface area contributed by atoms with Crippen molar-refractivity contribution in [3.05, 3.63) is 0 Å². The van der Waals surface area contributed by atoms with Crippen LogP contribution in [0.5, 0.6) is 0 Å². The molecule has 0 aliphatic heterocycles. The van der Waals surface area contributed by atoms with Gasteiger partial charge >= 0.3 is 5.97 Å². The zero-order valence-corrected chi connectivity index (χ0v) is 7.89. The van der Waals surface area contributed by atoms with Gasteiger partial charge in [0.1, 0.15) is 0 Å². The molecule has 0 spiro atoms. The minimum Gasteiger partial charge on any atom is -1.00 e. The van der Waals surface area contributed by atoms with Gasteiger partial charge in [-0.1, -0.05) is 0 Å². The van der Waals surface area contributed by atoms with Gasteiger partial charge in [-0.25, -0.2) is 0 Å². The zero-order valence-electron chi connectivity index (χ0n) is 7.13. The second-order valence-electron chi connectivity index (χ2n) is 3.48. The van der Waals surface area contributed by atoms with Gasteiger partial charge in [0, 0.05) is 6.42 Å². The fourth-order valence-corrected chi connectivity index (χ4v) is 1.68. The third-order valence-corrected chi connectivity index (χ3v) is 2.43. The molecule has 0 atom stereocenters. The minimum absolute atomic E-state index is 0. The van der Waals surface area contributed by atoms with E-state index in [1.165, 1.54) is 0 Å². The van der Waals surface area contributed by atoms with Crippen LogP contribution in [0.3, 0.4) is 0 Å². The lowest BCUT2D eigenvalue weighted by molar-refractivity contribution is -0.426. The maximum Gasteiger partial charge on any atom is 0.303 e. The Hall–Kier alpha value is -0.280. The van der Waals surface area contributed by atoms with Gasteiger partial charge in [-0.3, -0.25) is 4.79 Å². The van der Waals surface area contributed by atoms with Crippen LogP contribution in [-0.2, 0) is 4.79 Å². The van der Waals surface area contributed by atoms with Crippen LogP contribution in [0, 0.1) is 5.92 Å². The van der Waals surface area contributed by atoms with Gasteiger partial charge in [0.25, 0.3) is 0 Å². The lowest BCUT2D eigenvalue weighted by Crippen LogP contribution is -3.00. The molecule has 0 heterocycles. The summed E-state index contributed by atoms with van der Waals surface area (Å²) >= 11 is 0. The molecule has 0 aromatic carbocycles. The van der Waals surface area contributed by atoms with Gasteiger partial charge in [-0.2, -0.15) is 0 Å². The van der Waals surface area contributed by atoms with Crippen molar-refractivity contribution in [1.82, 2.24) is 0 Å². The first-order chi connectivity index (χ1) is 5.18. The molecule has 1 saturated carbocycles. The molecule has 1 aliphatic carbocycles. The second-order valence-corrected chi connectivity index (χ2v) is 3.48. The molecule has 3 nitrogen and oxygen atoms in total. The Bertz CT molecular complexity index is 144. The van der Waals surface area contributed by atoms with E-state index in [2.05, 4.69) is 5.73 Å². The number of carbonyl (C=O) groups is 1. The third-order valence-electron chi connectivity index (χ3n) is 2.43. The molecule has 12 heavy (non-hydrogen) atoms. The number of quaternary nitrogens is 1. The maximum atomic E-state index is 10.3. The standard InChI is InChI=1S/C8H15NO2.ClH/c9-7-3-1-6(2-4-7)5-8(10)11;/h6-7H,1-5,9H2,(H,10,11);1H. The molecule has 1 aliphatic rings. The van der Waals surface area contributed by atoms with E-state index in [1.807, 2.05) is 0 Å². The van der Waals surface area contributed by atoms with Gasteiger partial charge < -0.3 is 23.2 Å².